The van der Waals surface area contributed by atoms with E-state index in [1.165, 1.54) is 6.07 Å². The molecular weight excluding hydrogens is 379 g/mol. The summed E-state index contributed by atoms with van der Waals surface area (Å²) < 4.78 is 14.4. The second kappa shape index (κ2) is 8.22. The zero-order chi connectivity index (χ0) is 21.1. The van der Waals surface area contributed by atoms with Gasteiger partial charge in [-0.25, -0.2) is 9.37 Å². The van der Waals surface area contributed by atoms with Gasteiger partial charge in [0.25, 0.3) is 0 Å². The smallest absolute Gasteiger partial charge is 0.233 e. The lowest BCUT2D eigenvalue weighted by atomic mass is 9.82. The van der Waals surface area contributed by atoms with Crippen molar-refractivity contribution in [2.24, 2.45) is 0 Å². The monoisotopic (exact) mass is 404 g/mol. The molecule has 0 spiro atoms. The predicted octanol–water partition coefficient (Wildman–Crippen LogP) is 5.00. The Balaban J connectivity index is 1.53. The summed E-state index contributed by atoms with van der Waals surface area (Å²) in [6, 6.07) is 15.9. The van der Waals surface area contributed by atoms with E-state index < -0.39 is 5.41 Å². The van der Waals surface area contributed by atoms with Crippen molar-refractivity contribution in [3.05, 3.63) is 84.1 Å². The maximum Gasteiger partial charge on any atom is 0.233 e. The van der Waals surface area contributed by atoms with Gasteiger partial charge in [-0.3, -0.25) is 9.78 Å². The lowest BCUT2D eigenvalue weighted by Gasteiger charge is -2.33. The Morgan fingerprint density at radius 2 is 1.90 bits per heavy atom. The molecule has 1 atom stereocenters. The van der Waals surface area contributed by atoms with Gasteiger partial charge < -0.3 is 10.2 Å². The van der Waals surface area contributed by atoms with Crippen molar-refractivity contribution >= 4 is 17.4 Å². The van der Waals surface area contributed by atoms with Crippen molar-refractivity contribution in [2.75, 3.05) is 11.9 Å². The molecular formula is C24H25FN4O. The van der Waals surface area contributed by atoms with E-state index in [1.54, 1.807) is 44.4 Å². The number of rotatable bonds is 5. The third-order valence-corrected chi connectivity index (χ3v) is 5.66. The molecule has 0 saturated carbocycles. The standard InChI is InChI=1S/C24H25FN4O/c1-24(2,18-8-3-4-9-19(18)25)23(30)29-15-7-10-21(29)20-13-12-17(16-27-20)28-22-11-5-6-14-26-22/h3-6,8-9,11-14,16,21H,7,10,15H2,1-2H3,(H,26,28)/t21-/m0/s1. The van der Waals surface area contributed by atoms with E-state index in [0.29, 0.717) is 12.1 Å². The van der Waals surface area contributed by atoms with Crippen LogP contribution < -0.4 is 5.32 Å². The predicted molar refractivity (Wildman–Crippen MR) is 115 cm³/mol. The Morgan fingerprint density at radius 1 is 1.10 bits per heavy atom. The van der Waals surface area contributed by atoms with Crippen LogP contribution >= 0.6 is 0 Å². The molecule has 0 aliphatic carbocycles. The number of anilines is 2. The average Bonchev–Trinajstić information content (AvgIpc) is 3.24. The average molecular weight is 404 g/mol. The molecule has 3 heterocycles. The largest absolute Gasteiger partial charge is 0.339 e. The van der Waals surface area contributed by atoms with E-state index in [2.05, 4.69) is 15.3 Å². The Morgan fingerprint density at radius 3 is 2.60 bits per heavy atom. The van der Waals surface area contributed by atoms with E-state index in [-0.39, 0.29) is 17.8 Å². The second-order valence-electron chi connectivity index (χ2n) is 8.07. The van der Waals surface area contributed by atoms with E-state index >= 15 is 0 Å². The van der Waals surface area contributed by atoms with Crippen LogP contribution in [0.3, 0.4) is 0 Å². The summed E-state index contributed by atoms with van der Waals surface area (Å²) in [5, 5.41) is 3.21. The van der Waals surface area contributed by atoms with Crippen LogP contribution in [0.25, 0.3) is 0 Å². The van der Waals surface area contributed by atoms with Crippen LogP contribution in [0.5, 0.6) is 0 Å². The molecule has 0 radical (unpaired) electrons. The third kappa shape index (κ3) is 3.90. The van der Waals surface area contributed by atoms with Gasteiger partial charge in [0.1, 0.15) is 11.6 Å². The Bertz CT molecular complexity index is 1020. The molecule has 1 aliphatic rings. The number of nitrogens with zero attached hydrogens (tertiary/aromatic N) is 3. The first-order chi connectivity index (χ1) is 14.5. The molecule has 1 amide bonds. The minimum Gasteiger partial charge on any atom is -0.339 e. The summed E-state index contributed by atoms with van der Waals surface area (Å²) in [5.74, 6) is 0.318. The maximum atomic E-state index is 14.4. The molecule has 154 valence electrons. The Kier molecular flexibility index (Phi) is 5.48. The van der Waals surface area contributed by atoms with Gasteiger partial charge in [0.05, 0.1) is 29.0 Å². The summed E-state index contributed by atoms with van der Waals surface area (Å²) in [6.07, 6.45) is 5.23. The number of halogens is 1. The topological polar surface area (TPSA) is 58.1 Å². The van der Waals surface area contributed by atoms with Gasteiger partial charge in [-0.15, -0.1) is 0 Å². The first-order valence-corrected chi connectivity index (χ1v) is 10.2. The van der Waals surface area contributed by atoms with Gasteiger partial charge in [0.15, 0.2) is 0 Å². The van der Waals surface area contributed by atoms with Crippen molar-refractivity contribution in [1.29, 1.82) is 0 Å². The molecule has 0 unspecified atom stereocenters. The van der Waals surface area contributed by atoms with Crippen LogP contribution in [0.1, 0.15) is 44.0 Å². The van der Waals surface area contributed by atoms with Gasteiger partial charge in [0.2, 0.25) is 5.91 Å². The molecule has 1 aliphatic heterocycles. The minimum atomic E-state index is -0.950. The number of amides is 1. The summed E-state index contributed by atoms with van der Waals surface area (Å²) >= 11 is 0. The lowest BCUT2D eigenvalue weighted by molar-refractivity contribution is -0.137. The zero-order valence-corrected chi connectivity index (χ0v) is 17.2. The number of carbonyl (C=O) groups is 1. The quantitative estimate of drug-likeness (QED) is 0.650. The van der Waals surface area contributed by atoms with Crippen molar-refractivity contribution in [2.45, 2.75) is 38.1 Å². The molecule has 1 aromatic carbocycles. The highest BCUT2D eigenvalue weighted by Gasteiger charge is 2.40. The number of pyridine rings is 2. The first-order valence-electron chi connectivity index (χ1n) is 10.2. The second-order valence-corrected chi connectivity index (χ2v) is 8.07. The molecule has 1 N–H and O–H groups in total. The maximum absolute atomic E-state index is 14.4. The van der Waals surface area contributed by atoms with E-state index in [4.69, 9.17) is 0 Å². The summed E-state index contributed by atoms with van der Waals surface area (Å²) in [6.45, 7) is 4.23. The molecule has 30 heavy (non-hydrogen) atoms. The van der Waals surface area contributed by atoms with Crippen LogP contribution in [-0.4, -0.2) is 27.3 Å². The minimum absolute atomic E-state index is 0.0763. The summed E-state index contributed by atoms with van der Waals surface area (Å²) in [4.78, 5) is 24.1. The normalized spacial score (nSPS) is 16.5. The van der Waals surface area contributed by atoms with Gasteiger partial charge in [-0.2, -0.15) is 0 Å². The van der Waals surface area contributed by atoms with Crippen LogP contribution in [0.15, 0.2) is 67.0 Å². The highest BCUT2D eigenvalue weighted by Crippen LogP contribution is 2.37. The molecule has 1 saturated heterocycles. The molecule has 2 aromatic heterocycles. The molecule has 3 aromatic rings. The Hall–Kier alpha value is -3.28. The molecule has 1 fully saturated rings. The number of hydrogen-bond acceptors (Lipinski definition) is 4. The van der Waals surface area contributed by atoms with Crippen molar-refractivity contribution in [3.63, 3.8) is 0 Å². The molecule has 4 rings (SSSR count). The van der Waals surface area contributed by atoms with Crippen LogP contribution in [0.4, 0.5) is 15.9 Å². The number of carbonyl (C=O) groups excluding carboxylic acids is 1. The fourth-order valence-corrected chi connectivity index (χ4v) is 4.02. The van der Waals surface area contributed by atoms with Gasteiger partial charge in [-0.05, 0) is 57.0 Å². The van der Waals surface area contributed by atoms with E-state index in [9.17, 15) is 9.18 Å². The number of nitrogens with one attached hydrogen (secondary N) is 1. The molecule has 6 heteroatoms. The number of hydrogen-bond donors (Lipinski definition) is 1. The van der Waals surface area contributed by atoms with E-state index in [0.717, 1.165) is 30.0 Å². The number of likely N-dealkylation sites (tertiary alicyclic amines) is 1. The Labute approximate surface area is 176 Å². The number of benzene rings is 1. The van der Waals surface area contributed by atoms with Gasteiger partial charge >= 0.3 is 0 Å². The zero-order valence-electron chi connectivity index (χ0n) is 17.2. The fraction of sp³-hybridized carbons (Fsp3) is 0.292. The summed E-state index contributed by atoms with van der Waals surface area (Å²) in [7, 11) is 0. The lowest BCUT2D eigenvalue weighted by Crippen LogP contribution is -2.43. The van der Waals surface area contributed by atoms with Crippen molar-refractivity contribution in [1.82, 2.24) is 14.9 Å². The van der Waals surface area contributed by atoms with E-state index in [1.807, 2.05) is 35.2 Å². The van der Waals surface area contributed by atoms with Gasteiger partial charge in [-0.1, -0.05) is 24.3 Å². The van der Waals surface area contributed by atoms with Crippen LogP contribution in [0, 0.1) is 5.82 Å². The molecule has 0 bridgehead atoms. The SMILES string of the molecule is CC(C)(C(=O)N1CCC[C@H]1c1ccc(Nc2ccccn2)cn1)c1ccccc1F. The summed E-state index contributed by atoms with van der Waals surface area (Å²) in [5.41, 5.74) is 1.15. The first kappa shape index (κ1) is 20.0. The van der Waals surface area contributed by atoms with Crippen LogP contribution in [-0.2, 0) is 10.2 Å². The molecule has 5 nitrogen and oxygen atoms in total. The number of aromatic nitrogens is 2. The van der Waals surface area contributed by atoms with Crippen LogP contribution in [0.2, 0.25) is 0 Å². The highest BCUT2D eigenvalue weighted by atomic mass is 19.1. The van der Waals surface area contributed by atoms with Crippen molar-refractivity contribution in [3.8, 4) is 0 Å². The highest BCUT2D eigenvalue weighted by molar-refractivity contribution is 5.88. The van der Waals surface area contributed by atoms with Gasteiger partial charge in [0, 0.05) is 18.3 Å². The van der Waals surface area contributed by atoms with Crippen molar-refractivity contribution < 1.29 is 9.18 Å². The third-order valence-electron chi connectivity index (χ3n) is 5.66. The fourth-order valence-electron chi connectivity index (χ4n) is 4.02.